The molecular weight excluding hydrogens is 596 g/mol. The quantitative estimate of drug-likeness (QED) is 0.310. The van der Waals surface area contributed by atoms with Crippen LogP contribution in [0.2, 0.25) is 0 Å². The van der Waals surface area contributed by atoms with E-state index in [1.165, 1.54) is 22.8 Å². The predicted molar refractivity (Wildman–Crippen MR) is 156 cm³/mol. The standard InChI is InChI=1S/C27H32N8O6S2/c1-2-41-24-15-29-14-22(32-24)17-3-8-21(31-13-17)20-16-35(43(39,40)19-6-7-19)12-10-27(20,25(28)36)23-9-11-30-26(33-23)34-42(37,38)18-4-5-18/h3,8-9,11,13-15,18-20H,2,4-7,10,12,16H2,1H3,(H2,28,36)(H,30,33,34). The maximum absolute atomic E-state index is 13.5. The van der Waals surface area contributed by atoms with Crippen molar-refractivity contribution in [2.24, 2.45) is 5.73 Å². The van der Waals surface area contributed by atoms with Gasteiger partial charge in [-0.3, -0.25) is 19.5 Å². The van der Waals surface area contributed by atoms with Gasteiger partial charge in [-0.25, -0.2) is 36.1 Å². The molecule has 3 aromatic rings. The van der Waals surface area contributed by atoms with Crippen molar-refractivity contribution in [3.63, 3.8) is 0 Å². The minimum Gasteiger partial charge on any atom is -0.477 e. The lowest BCUT2D eigenvalue weighted by Gasteiger charge is -2.44. The molecule has 1 aliphatic heterocycles. The van der Waals surface area contributed by atoms with E-state index < -0.39 is 47.8 Å². The molecule has 6 rings (SSSR count). The summed E-state index contributed by atoms with van der Waals surface area (Å²) in [5.74, 6) is -1.36. The van der Waals surface area contributed by atoms with Crippen LogP contribution < -0.4 is 15.2 Å². The number of hydrogen-bond donors (Lipinski definition) is 2. The molecule has 228 valence electrons. The van der Waals surface area contributed by atoms with E-state index in [1.807, 2.05) is 6.92 Å². The van der Waals surface area contributed by atoms with Gasteiger partial charge in [0.1, 0.15) is 5.41 Å². The molecule has 43 heavy (non-hydrogen) atoms. The van der Waals surface area contributed by atoms with Crippen LogP contribution in [0, 0.1) is 0 Å². The maximum Gasteiger partial charge on any atom is 0.237 e. The first-order chi connectivity index (χ1) is 20.5. The number of piperidine rings is 1. The van der Waals surface area contributed by atoms with Gasteiger partial charge in [0.2, 0.25) is 37.8 Å². The molecule has 0 aromatic carbocycles. The summed E-state index contributed by atoms with van der Waals surface area (Å²) in [4.78, 5) is 35.3. The van der Waals surface area contributed by atoms with Gasteiger partial charge in [0, 0.05) is 42.7 Å². The van der Waals surface area contributed by atoms with Crippen molar-refractivity contribution in [2.75, 3.05) is 24.4 Å². The SMILES string of the molecule is CCOc1cncc(-c2ccc(C3CN(S(=O)(=O)C4CC4)CCC3(C(N)=O)c3ccnc(NS(=O)(=O)C4CC4)n3)nc2)n1. The molecule has 3 aromatic heterocycles. The van der Waals surface area contributed by atoms with E-state index in [-0.39, 0.29) is 31.2 Å². The summed E-state index contributed by atoms with van der Waals surface area (Å²) in [5, 5.41) is -0.946. The number of nitrogens with one attached hydrogen (secondary N) is 1. The smallest absolute Gasteiger partial charge is 0.237 e. The van der Waals surface area contributed by atoms with Crippen LogP contribution in [0.5, 0.6) is 5.88 Å². The fourth-order valence-corrected chi connectivity index (χ4v) is 8.65. The van der Waals surface area contributed by atoms with Crippen molar-refractivity contribution in [3.8, 4) is 17.1 Å². The number of rotatable bonds is 11. The number of carbonyl (C=O) groups is 1. The van der Waals surface area contributed by atoms with E-state index in [4.69, 9.17) is 10.5 Å². The van der Waals surface area contributed by atoms with Crippen LogP contribution in [0.1, 0.15) is 56.3 Å². The first kappa shape index (κ1) is 29.3. The number of hydrogen-bond acceptors (Lipinski definition) is 11. The summed E-state index contributed by atoms with van der Waals surface area (Å²) in [6.45, 7) is 2.26. The summed E-state index contributed by atoms with van der Waals surface area (Å²) in [6.07, 6.45) is 8.33. The Morgan fingerprint density at radius 2 is 1.81 bits per heavy atom. The highest BCUT2D eigenvalue weighted by atomic mass is 32.2. The Hall–Kier alpha value is -3.76. The molecule has 2 aliphatic carbocycles. The topological polar surface area (TPSA) is 200 Å². The first-order valence-corrected chi connectivity index (χ1v) is 17.1. The third kappa shape index (κ3) is 5.65. The highest BCUT2D eigenvalue weighted by Crippen LogP contribution is 2.46. The molecule has 1 saturated heterocycles. The van der Waals surface area contributed by atoms with E-state index in [0.717, 1.165) is 0 Å². The number of sulfonamides is 2. The minimum absolute atomic E-state index is 0.0239. The molecule has 16 heteroatoms. The Morgan fingerprint density at radius 1 is 1.05 bits per heavy atom. The molecular formula is C27H32N8O6S2. The number of pyridine rings is 1. The number of carbonyl (C=O) groups excluding carboxylic acids is 1. The zero-order chi connectivity index (χ0) is 30.4. The Bertz CT molecular complexity index is 1750. The predicted octanol–water partition coefficient (Wildman–Crippen LogP) is 1.34. The summed E-state index contributed by atoms with van der Waals surface area (Å²) in [7, 11) is -7.26. The lowest BCUT2D eigenvalue weighted by Crippen LogP contribution is -2.57. The number of anilines is 1. The zero-order valence-electron chi connectivity index (χ0n) is 23.5. The number of aromatic nitrogens is 5. The minimum atomic E-state index is -3.67. The molecule has 2 unspecified atom stereocenters. The normalized spacial score (nSPS) is 23.0. The second kappa shape index (κ2) is 11.1. The largest absolute Gasteiger partial charge is 0.477 e. The van der Waals surface area contributed by atoms with Crippen LogP contribution in [-0.2, 0) is 30.3 Å². The molecule has 0 bridgehead atoms. The number of primary amides is 1. The molecule has 3 aliphatic rings. The summed E-state index contributed by atoms with van der Waals surface area (Å²) in [6, 6.07) is 4.98. The fraction of sp³-hybridized carbons (Fsp3) is 0.481. The second-order valence-corrected chi connectivity index (χ2v) is 15.2. The molecule has 3 fully saturated rings. The number of nitrogens with two attached hydrogens (primary N) is 1. The van der Waals surface area contributed by atoms with Gasteiger partial charge in [0.25, 0.3) is 0 Å². The third-order valence-corrected chi connectivity index (χ3v) is 12.3. The maximum atomic E-state index is 13.5. The Kier molecular flexibility index (Phi) is 7.54. The van der Waals surface area contributed by atoms with Crippen molar-refractivity contribution in [2.45, 2.75) is 60.9 Å². The number of ether oxygens (including phenoxy) is 1. The molecule has 14 nitrogen and oxygen atoms in total. The van der Waals surface area contributed by atoms with Crippen LogP contribution >= 0.6 is 0 Å². The zero-order valence-corrected chi connectivity index (χ0v) is 25.1. The van der Waals surface area contributed by atoms with Gasteiger partial charge in [-0.15, -0.1) is 0 Å². The lowest BCUT2D eigenvalue weighted by molar-refractivity contribution is -0.126. The van der Waals surface area contributed by atoms with Gasteiger partial charge in [-0.2, -0.15) is 0 Å². The number of nitrogens with zero attached hydrogens (tertiary/aromatic N) is 6. The first-order valence-electron chi connectivity index (χ1n) is 14.1. The fourth-order valence-electron chi connectivity index (χ4n) is 5.52. The van der Waals surface area contributed by atoms with Gasteiger partial charge in [0.05, 0.1) is 40.9 Å². The van der Waals surface area contributed by atoms with E-state index >= 15 is 0 Å². The van der Waals surface area contributed by atoms with Crippen LogP contribution in [0.4, 0.5) is 5.95 Å². The summed E-state index contributed by atoms with van der Waals surface area (Å²) < 4.78 is 61.1. The van der Waals surface area contributed by atoms with Crippen molar-refractivity contribution in [3.05, 3.63) is 54.4 Å². The highest BCUT2D eigenvalue weighted by molar-refractivity contribution is 7.93. The van der Waals surface area contributed by atoms with E-state index in [0.29, 0.717) is 55.1 Å². The van der Waals surface area contributed by atoms with Gasteiger partial charge >= 0.3 is 0 Å². The monoisotopic (exact) mass is 628 g/mol. The van der Waals surface area contributed by atoms with E-state index in [2.05, 4.69) is 29.6 Å². The second-order valence-electron chi connectivity index (χ2n) is 11.0. The Morgan fingerprint density at radius 3 is 2.47 bits per heavy atom. The van der Waals surface area contributed by atoms with Gasteiger partial charge in [-0.05, 0) is 57.2 Å². The Labute approximate surface area is 249 Å². The molecule has 3 N–H and O–H groups in total. The van der Waals surface area contributed by atoms with Crippen molar-refractivity contribution in [1.29, 1.82) is 0 Å². The van der Waals surface area contributed by atoms with E-state index in [1.54, 1.807) is 24.5 Å². The van der Waals surface area contributed by atoms with Gasteiger partial charge in [0.15, 0.2) is 0 Å². The molecule has 2 saturated carbocycles. The average molecular weight is 629 g/mol. The highest BCUT2D eigenvalue weighted by Gasteiger charge is 2.55. The molecule has 2 atom stereocenters. The molecule has 4 heterocycles. The van der Waals surface area contributed by atoms with Crippen LogP contribution in [0.15, 0.2) is 43.0 Å². The average Bonchev–Trinajstić information content (AvgIpc) is 3.89. The van der Waals surface area contributed by atoms with Crippen LogP contribution in [0.3, 0.4) is 0 Å². The summed E-state index contributed by atoms with van der Waals surface area (Å²) in [5.41, 5.74) is 6.40. The van der Waals surface area contributed by atoms with Gasteiger partial charge < -0.3 is 10.5 Å². The Balaban J connectivity index is 1.40. The molecule has 1 amide bonds. The van der Waals surface area contributed by atoms with E-state index in [9.17, 15) is 21.6 Å². The van der Waals surface area contributed by atoms with Gasteiger partial charge in [-0.1, -0.05) is 0 Å². The van der Waals surface area contributed by atoms with Crippen molar-refractivity contribution in [1.82, 2.24) is 29.2 Å². The summed E-state index contributed by atoms with van der Waals surface area (Å²) >= 11 is 0. The molecule has 0 radical (unpaired) electrons. The van der Waals surface area contributed by atoms with Crippen LogP contribution in [0.25, 0.3) is 11.3 Å². The third-order valence-electron chi connectivity index (χ3n) is 8.14. The van der Waals surface area contributed by atoms with Crippen molar-refractivity contribution >= 4 is 31.9 Å². The van der Waals surface area contributed by atoms with Crippen molar-refractivity contribution < 1.29 is 26.4 Å². The molecule has 0 spiro atoms. The number of amides is 1. The lowest BCUT2D eigenvalue weighted by atomic mass is 9.66. The van der Waals surface area contributed by atoms with Crippen LogP contribution in [-0.4, -0.2) is 82.2 Å².